The fraction of sp³-hybridized carbons (Fsp3) is 0.593. The Morgan fingerprint density at radius 1 is 1.16 bits per heavy atom. The third-order valence-corrected chi connectivity index (χ3v) is 9.56. The Balaban J connectivity index is 1.20. The van der Waals surface area contributed by atoms with E-state index in [2.05, 4.69) is 20.1 Å². The minimum absolute atomic E-state index is 0.115. The van der Waals surface area contributed by atoms with Crippen molar-refractivity contribution in [2.75, 3.05) is 36.4 Å². The molecule has 7 nitrogen and oxygen atoms in total. The van der Waals surface area contributed by atoms with Gasteiger partial charge in [-0.3, -0.25) is 4.79 Å². The third kappa shape index (κ3) is 5.38. The molecule has 3 aliphatic rings. The number of benzene rings is 1. The number of aliphatic carboxylic acids is 1. The highest BCUT2D eigenvalue weighted by atomic mass is 35.5. The maximum Gasteiger partial charge on any atom is 0.309 e. The molecular weight excluding hydrogens is 533 g/mol. The molecule has 200 valence electrons. The lowest BCUT2D eigenvalue weighted by Gasteiger charge is -2.52. The van der Waals surface area contributed by atoms with Gasteiger partial charge in [0.15, 0.2) is 5.82 Å². The van der Waals surface area contributed by atoms with E-state index in [1.807, 2.05) is 32.9 Å². The van der Waals surface area contributed by atoms with Crippen LogP contribution in [0.25, 0.3) is 0 Å². The molecule has 3 fully saturated rings. The second-order valence-corrected chi connectivity index (χ2v) is 12.5. The first-order valence-corrected chi connectivity index (χ1v) is 14.2. The molecule has 0 bridgehead atoms. The number of hydrogen-bond donors (Lipinski definition) is 2. The first-order valence-electron chi connectivity index (χ1n) is 13.0. The van der Waals surface area contributed by atoms with Gasteiger partial charge >= 0.3 is 5.97 Å². The number of aromatic nitrogens is 2. The Hall–Kier alpha value is -1.80. The fourth-order valence-electron chi connectivity index (χ4n) is 6.06. The number of rotatable bonds is 7. The van der Waals surface area contributed by atoms with Crippen molar-refractivity contribution in [2.24, 2.45) is 17.3 Å². The highest BCUT2D eigenvalue weighted by molar-refractivity contribution is 6.35. The number of carboxylic acids is 1. The van der Waals surface area contributed by atoms with Gasteiger partial charge in [-0.2, -0.15) is 4.98 Å². The molecule has 2 atom stereocenters. The molecule has 0 amide bonds. The Bertz CT molecular complexity index is 1180. The van der Waals surface area contributed by atoms with Gasteiger partial charge in [0, 0.05) is 35.7 Å². The van der Waals surface area contributed by atoms with Crippen LogP contribution in [0.3, 0.4) is 0 Å². The summed E-state index contributed by atoms with van der Waals surface area (Å²) >= 11 is 19.0. The van der Waals surface area contributed by atoms with Crippen LogP contribution in [0.5, 0.6) is 0 Å². The number of nitrogens with one attached hydrogen (secondary N) is 1. The zero-order valence-corrected chi connectivity index (χ0v) is 23.7. The van der Waals surface area contributed by atoms with Crippen molar-refractivity contribution in [1.29, 1.82) is 0 Å². The zero-order chi connectivity index (χ0) is 26.5. The molecule has 1 saturated carbocycles. The van der Waals surface area contributed by atoms with Crippen LogP contribution in [-0.2, 0) is 4.79 Å². The maximum atomic E-state index is 11.5. The zero-order valence-electron chi connectivity index (χ0n) is 21.5. The summed E-state index contributed by atoms with van der Waals surface area (Å²) in [4.78, 5) is 25.7. The van der Waals surface area contributed by atoms with Crippen molar-refractivity contribution < 1.29 is 9.90 Å². The van der Waals surface area contributed by atoms with Gasteiger partial charge in [0.25, 0.3) is 0 Å². The molecule has 2 N–H and O–H groups in total. The molecule has 2 saturated heterocycles. The largest absolute Gasteiger partial charge is 0.481 e. The highest BCUT2D eigenvalue weighted by Gasteiger charge is 2.49. The summed E-state index contributed by atoms with van der Waals surface area (Å²) < 4.78 is 0. The molecule has 10 heteroatoms. The van der Waals surface area contributed by atoms with E-state index >= 15 is 0 Å². The minimum atomic E-state index is -0.662. The van der Waals surface area contributed by atoms with E-state index in [1.165, 1.54) is 12.8 Å². The van der Waals surface area contributed by atoms with Gasteiger partial charge in [-0.1, -0.05) is 40.9 Å². The number of halogens is 3. The monoisotopic (exact) mass is 565 g/mol. The van der Waals surface area contributed by atoms with Gasteiger partial charge in [0.2, 0.25) is 5.95 Å². The van der Waals surface area contributed by atoms with E-state index in [1.54, 1.807) is 6.07 Å². The fourth-order valence-corrected chi connectivity index (χ4v) is 6.77. The number of carbonyl (C=O) groups is 1. The second-order valence-electron chi connectivity index (χ2n) is 11.3. The number of carboxylic acid groups (broad SMARTS) is 1. The van der Waals surface area contributed by atoms with E-state index in [9.17, 15) is 9.90 Å². The lowest BCUT2D eigenvalue weighted by Crippen LogP contribution is -2.58. The Morgan fingerprint density at radius 3 is 2.57 bits per heavy atom. The number of nitrogens with zero attached hydrogens (tertiary/aromatic N) is 4. The molecule has 1 aliphatic carbocycles. The van der Waals surface area contributed by atoms with E-state index in [0.29, 0.717) is 44.7 Å². The third-order valence-electron chi connectivity index (χ3n) is 8.54. The first-order chi connectivity index (χ1) is 17.5. The first kappa shape index (κ1) is 26.8. The van der Waals surface area contributed by atoms with Gasteiger partial charge < -0.3 is 20.2 Å². The van der Waals surface area contributed by atoms with Crippen LogP contribution in [-0.4, -0.2) is 58.2 Å². The van der Waals surface area contributed by atoms with Gasteiger partial charge in [-0.15, -0.1) is 0 Å². The Morgan fingerprint density at radius 2 is 1.89 bits per heavy atom. The van der Waals surface area contributed by atoms with E-state index < -0.39 is 11.4 Å². The molecule has 2 aromatic rings. The standard InChI is InChI=1S/C27H34Cl3N5O2/c1-15(21-7-6-19(28)9-22(21)29)31-24-23(30)16(2)32-26(33-24)35-13-18(14-35)17-5-4-8-34(12-17)20-10-27(3,11-20)25(36)37/h6-7,9,15,17-18,20H,4-5,8,10-14H2,1-3H3,(H,36,37)(H,31,32,33)/t15-,17?,20?,27?/m1/s1. The topological polar surface area (TPSA) is 81.6 Å². The summed E-state index contributed by atoms with van der Waals surface area (Å²) in [7, 11) is 0. The quantitative estimate of drug-likeness (QED) is 0.406. The van der Waals surface area contributed by atoms with Crippen molar-refractivity contribution in [1.82, 2.24) is 14.9 Å². The van der Waals surface area contributed by atoms with Gasteiger partial charge in [-0.25, -0.2) is 4.98 Å². The summed E-state index contributed by atoms with van der Waals surface area (Å²) in [5, 5.41) is 14.6. The van der Waals surface area contributed by atoms with E-state index in [4.69, 9.17) is 39.8 Å². The normalized spacial score (nSPS) is 27.4. The van der Waals surface area contributed by atoms with Gasteiger partial charge in [0.1, 0.15) is 5.02 Å². The Kier molecular flexibility index (Phi) is 7.53. The predicted octanol–water partition coefficient (Wildman–Crippen LogP) is 6.32. The number of aryl methyl sites for hydroxylation is 1. The smallest absolute Gasteiger partial charge is 0.309 e. The van der Waals surface area contributed by atoms with Crippen molar-refractivity contribution in [2.45, 2.75) is 58.5 Å². The predicted molar refractivity (Wildman–Crippen MR) is 149 cm³/mol. The Labute approximate surface area is 233 Å². The summed E-state index contributed by atoms with van der Waals surface area (Å²) in [5.41, 5.74) is 1.11. The van der Waals surface area contributed by atoms with Crippen LogP contribution in [0.2, 0.25) is 15.1 Å². The highest BCUT2D eigenvalue weighted by Crippen LogP contribution is 2.45. The number of likely N-dealkylation sites (tertiary alicyclic amines) is 1. The van der Waals surface area contributed by atoms with Gasteiger partial charge in [-0.05, 0) is 82.5 Å². The molecular formula is C27H34Cl3N5O2. The maximum absolute atomic E-state index is 11.5. The van der Waals surface area contributed by atoms with Crippen LogP contribution in [0.1, 0.15) is 56.8 Å². The van der Waals surface area contributed by atoms with Gasteiger partial charge in [0.05, 0.1) is 17.2 Å². The summed E-state index contributed by atoms with van der Waals surface area (Å²) in [6.07, 6.45) is 3.93. The number of anilines is 2. The average molecular weight is 567 g/mol. The van der Waals surface area contributed by atoms with Crippen molar-refractivity contribution in [3.8, 4) is 0 Å². The van der Waals surface area contributed by atoms with Crippen molar-refractivity contribution >= 4 is 52.5 Å². The minimum Gasteiger partial charge on any atom is -0.481 e. The molecule has 0 spiro atoms. The molecule has 1 unspecified atom stereocenters. The lowest BCUT2D eigenvalue weighted by atomic mass is 9.65. The second kappa shape index (κ2) is 10.4. The van der Waals surface area contributed by atoms with E-state index in [0.717, 1.165) is 50.3 Å². The van der Waals surface area contributed by atoms with Crippen molar-refractivity contribution in [3.05, 3.63) is 44.5 Å². The van der Waals surface area contributed by atoms with Crippen LogP contribution >= 0.6 is 34.8 Å². The summed E-state index contributed by atoms with van der Waals surface area (Å²) in [5.74, 6) is 1.85. The lowest BCUT2D eigenvalue weighted by molar-refractivity contribution is -0.158. The SMILES string of the molecule is Cc1nc(N2CC(C3CCCN(C4CC(C)(C(=O)O)C4)C3)C2)nc(N[C@H](C)c2ccc(Cl)cc2Cl)c1Cl. The molecule has 3 heterocycles. The molecule has 1 aromatic carbocycles. The molecule has 37 heavy (non-hydrogen) atoms. The summed E-state index contributed by atoms with van der Waals surface area (Å²) in [6, 6.07) is 5.76. The molecule has 5 rings (SSSR count). The summed E-state index contributed by atoms with van der Waals surface area (Å²) in [6.45, 7) is 9.78. The van der Waals surface area contributed by atoms with Crippen molar-refractivity contribution in [3.63, 3.8) is 0 Å². The van der Waals surface area contributed by atoms with Crippen LogP contribution in [0, 0.1) is 24.2 Å². The van der Waals surface area contributed by atoms with Crippen LogP contribution < -0.4 is 10.2 Å². The number of piperidine rings is 1. The van der Waals surface area contributed by atoms with Crippen LogP contribution in [0.4, 0.5) is 11.8 Å². The number of hydrogen-bond acceptors (Lipinski definition) is 6. The van der Waals surface area contributed by atoms with Crippen LogP contribution in [0.15, 0.2) is 18.2 Å². The van der Waals surface area contributed by atoms with E-state index in [-0.39, 0.29) is 6.04 Å². The molecule has 2 aliphatic heterocycles. The molecule has 1 aromatic heterocycles. The average Bonchev–Trinajstić information content (AvgIpc) is 2.79. The molecule has 0 radical (unpaired) electrons.